The van der Waals surface area contributed by atoms with Crippen LogP contribution in [0.15, 0.2) is 57.7 Å². The molecule has 2 aliphatic heterocycles. The second kappa shape index (κ2) is 7.06. The number of hydrogen-bond acceptors (Lipinski definition) is 6. The van der Waals surface area contributed by atoms with Crippen LogP contribution >= 0.6 is 0 Å². The number of aliphatic imine (C=N–C) groups is 1. The summed E-state index contributed by atoms with van der Waals surface area (Å²) in [5, 5.41) is 0. The van der Waals surface area contributed by atoms with Crippen molar-refractivity contribution in [1.29, 1.82) is 0 Å². The van der Waals surface area contributed by atoms with Crippen LogP contribution in [0.2, 0.25) is 0 Å². The smallest absolute Gasteiger partial charge is 0.262 e. The molecule has 8 nitrogen and oxygen atoms in total. The molecule has 0 unspecified atom stereocenters. The van der Waals surface area contributed by atoms with Crippen LogP contribution in [0, 0.1) is 0 Å². The number of aromatic nitrogens is 2. The molecule has 4 heterocycles. The Labute approximate surface area is 156 Å². The van der Waals surface area contributed by atoms with Crippen molar-refractivity contribution in [2.45, 2.75) is 12.8 Å². The molecule has 2 aromatic rings. The zero-order chi connectivity index (χ0) is 18.8. The van der Waals surface area contributed by atoms with Crippen LogP contribution in [0.1, 0.15) is 12.8 Å². The number of anilines is 2. The van der Waals surface area contributed by atoms with E-state index in [0.29, 0.717) is 22.6 Å². The topological polar surface area (TPSA) is 108 Å². The number of hydrogen-bond donors (Lipinski definition) is 2. The minimum atomic E-state index is -0.275. The first-order valence-corrected chi connectivity index (χ1v) is 8.86. The van der Waals surface area contributed by atoms with Crippen molar-refractivity contribution < 1.29 is 4.79 Å². The Morgan fingerprint density at radius 2 is 2.00 bits per heavy atom. The Kier molecular flexibility index (Phi) is 4.45. The molecule has 0 spiro atoms. The standard InChI is InChI=1S/C19H20N6O2/c20-16-12-25(14-5-6-21-18(26)9-14)19(27)15(16)11-22-13-3-4-17(23-10-13)24-7-1-2-8-24/h3-6,9-11H,1-2,7-8,12,20H2,(H,21,26). The highest BCUT2D eigenvalue weighted by atomic mass is 16.2. The van der Waals surface area contributed by atoms with Gasteiger partial charge in [-0.1, -0.05) is 0 Å². The molecule has 0 atom stereocenters. The lowest BCUT2D eigenvalue weighted by Crippen LogP contribution is -2.28. The van der Waals surface area contributed by atoms with Gasteiger partial charge in [-0.25, -0.2) is 4.98 Å². The Balaban J connectivity index is 1.49. The van der Waals surface area contributed by atoms with Crippen molar-refractivity contribution in [2.24, 2.45) is 10.7 Å². The number of pyridine rings is 2. The summed E-state index contributed by atoms with van der Waals surface area (Å²) in [6, 6.07) is 6.84. The zero-order valence-electron chi connectivity index (χ0n) is 14.8. The molecule has 0 bridgehead atoms. The van der Waals surface area contributed by atoms with Crippen LogP contribution in [0.4, 0.5) is 17.2 Å². The number of carbonyl (C=O) groups is 1. The highest BCUT2D eigenvalue weighted by Gasteiger charge is 2.29. The summed E-state index contributed by atoms with van der Waals surface area (Å²) in [7, 11) is 0. The van der Waals surface area contributed by atoms with Gasteiger partial charge in [-0.2, -0.15) is 0 Å². The normalized spacial score (nSPS) is 17.6. The molecular formula is C19H20N6O2. The molecule has 138 valence electrons. The summed E-state index contributed by atoms with van der Waals surface area (Å²) in [6.07, 6.45) is 7.05. The fourth-order valence-corrected chi connectivity index (χ4v) is 3.28. The molecule has 1 amide bonds. The van der Waals surface area contributed by atoms with E-state index in [1.165, 1.54) is 36.2 Å². The fraction of sp³-hybridized carbons (Fsp3) is 0.263. The van der Waals surface area contributed by atoms with Crippen molar-refractivity contribution in [3.05, 3.63) is 58.3 Å². The van der Waals surface area contributed by atoms with Crippen LogP contribution in [0.5, 0.6) is 0 Å². The summed E-state index contributed by atoms with van der Waals surface area (Å²) < 4.78 is 0. The number of aromatic amines is 1. The van der Waals surface area contributed by atoms with E-state index in [0.717, 1.165) is 18.9 Å². The number of nitrogens with zero attached hydrogens (tertiary/aromatic N) is 4. The first kappa shape index (κ1) is 17.0. The molecule has 0 aliphatic carbocycles. The lowest BCUT2D eigenvalue weighted by atomic mass is 10.2. The second-order valence-corrected chi connectivity index (χ2v) is 6.57. The van der Waals surface area contributed by atoms with Gasteiger partial charge in [-0.3, -0.25) is 14.6 Å². The van der Waals surface area contributed by atoms with Gasteiger partial charge >= 0.3 is 0 Å². The molecule has 4 rings (SSSR count). The van der Waals surface area contributed by atoms with E-state index in [9.17, 15) is 9.59 Å². The van der Waals surface area contributed by atoms with E-state index in [-0.39, 0.29) is 18.0 Å². The summed E-state index contributed by atoms with van der Waals surface area (Å²) in [5.41, 5.74) is 7.66. The SMILES string of the molecule is NC1=C(C=Nc2ccc(N3CCCC3)nc2)C(=O)N(c2cc[nH]c(=O)c2)C1. The first-order chi connectivity index (χ1) is 13.1. The van der Waals surface area contributed by atoms with Crippen molar-refractivity contribution >= 4 is 29.3 Å². The van der Waals surface area contributed by atoms with Crippen molar-refractivity contribution in [3.63, 3.8) is 0 Å². The molecule has 27 heavy (non-hydrogen) atoms. The molecule has 0 aromatic carbocycles. The van der Waals surface area contributed by atoms with E-state index in [2.05, 4.69) is 19.9 Å². The number of nitrogens with two attached hydrogens (primary N) is 1. The van der Waals surface area contributed by atoms with E-state index in [1.54, 1.807) is 12.3 Å². The van der Waals surface area contributed by atoms with E-state index in [1.807, 2.05) is 12.1 Å². The number of nitrogens with one attached hydrogen (secondary N) is 1. The van der Waals surface area contributed by atoms with Crippen LogP contribution in [-0.4, -0.2) is 41.7 Å². The van der Waals surface area contributed by atoms with Crippen LogP contribution in [0.3, 0.4) is 0 Å². The molecule has 8 heteroatoms. The van der Waals surface area contributed by atoms with Gasteiger partial charge in [0.2, 0.25) is 5.56 Å². The quantitative estimate of drug-likeness (QED) is 0.796. The lowest BCUT2D eigenvalue weighted by molar-refractivity contribution is -0.114. The van der Waals surface area contributed by atoms with Crippen LogP contribution in [-0.2, 0) is 4.79 Å². The maximum atomic E-state index is 12.6. The van der Waals surface area contributed by atoms with Gasteiger partial charge in [0.05, 0.1) is 29.7 Å². The molecule has 2 aromatic heterocycles. The third kappa shape index (κ3) is 3.46. The van der Waals surface area contributed by atoms with Crippen molar-refractivity contribution in [1.82, 2.24) is 9.97 Å². The van der Waals surface area contributed by atoms with Gasteiger partial charge in [-0.05, 0) is 31.0 Å². The third-order valence-electron chi connectivity index (χ3n) is 4.73. The monoisotopic (exact) mass is 364 g/mol. The molecule has 0 saturated carbocycles. The van der Waals surface area contributed by atoms with Gasteiger partial charge in [0.15, 0.2) is 0 Å². The number of H-pyrrole nitrogens is 1. The van der Waals surface area contributed by atoms with E-state index < -0.39 is 0 Å². The third-order valence-corrected chi connectivity index (χ3v) is 4.73. The van der Waals surface area contributed by atoms with Crippen LogP contribution < -0.4 is 21.1 Å². The van der Waals surface area contributed by atoms with Crippen molar-refractivity contribution in [3.8, 4) is 0 Å². The summed E-state index contributed by atoms with van der Waals surface area (Å²) >= 11 is 0. The van der Waals surface area contributed by atoms with E-state index >= 15 is 0 Å². The summed E-state index contributed by atoms with van der Waals surface area (Å²) in [6.45, 7) is 2.30. The Bertz CT molecular complexity index is 970. The Hall–Kier alpha value is -3.42. The minimum absolute atomic E-state index is 0.232. The fourth-order valence-electron chi connectivity index (χ4n) is 3.28. The number of rotatable bonds is 4. The summed E-state index contributed by atoms with van der Waals surface area (Å²) in [5.74, 6) is 0.672. The second-order valence-electron chi connectivity index (χ2n) is 6.57. The average Bonchev–Trinajstić information content (AvgIpc) is 3.30. The van der Waals surface area contributed by atoms with E-state index in [4.69, 9.17) is 5.73 Å². The molecule has 0 radical (unpaired) electrons. The maximum absolute atomic E-state index is 12.6. The highest BCUT2D eigenvalue weighted by Crippen LogP contribution is 2.23. The van der Waals surface area contributed by atoms with Gasteiger partial charge in [-0.15, -0.1) is 0 Å². The maximum Gasteiger partial charge on any atom is 0.262 e. The Morgan fingerprint density at radius 3 is 2.70 bits per heavy atom. The average molecular weight is 364 g/mol. The largest absolute Gasteiger partial charge is 0.400 e. The molecule has 1 fully saturated rings. The molecule has 3 N–H and O–H groups in total. The van der Waals surface area contributed by atoms with Gasteiger partial charge < -0.3 is 20.5 Å². The van der Waals surface area contributed by atoms with Gasteiger partial charge in [0.25, 0.3) is 5.91 Å². The van der Waals surface area contributed by atoms with Crippen LogP contribution in [0.25, 0.3) is 0 Å². The Morgan fingerprint density at radius 1 is 1.19 bits per heavy atom. The molecular weight excluding hydrogens is 344 g/mol. The molecule has 2 aliphatic rings. The minimum Gasteiger partial charge on any atom is -0.400 e. The zero-order valence-corrected chi connectivity index (χ0v) is 14.8. The molecule has 1 saturated heterocycles. The predicted molar refractivity (Wildman–Crippen MR) is 104 cm³/mol. The van der Waals surface area contributed by atoms with Gasteiger partial charge in [0.1, 0.15) is 5.82 Å². The first-order valence-electron chi connectivity index (χ1n) is 8.86. The van der Waals surface area contributed by atoms with Crippen molar-refractivity contribution in [2.75, 3.05) is 29.4 Å². The number of amides is 1. The predicted octanol–water partition coefficient (Wildman–Crippen LogP) is 1.33. The lowest BCUT2D eigenvalue weighted by Gasteiger charge is -2.15. The highest BCUT2D eigenvalue weighted by molar-refractivity contribution is 6.22. The number of carbonyl (C=O) groups excluding carboxylic acids is 1. The van der Waals surface area contributed by atoms with Gasteiger partial charge in [0, 0.05) is 37.3 Å². The summed E-state index contributed by atoms with van der Waals surface area (Å²) in [4.78, 5) is 39.1.